The third-order valence-corrected chi connectivity index (χ3v) is 5.94. The van der Waals surface area contributed by atoms with Crippen molar-refractivity contribution in [3.05, 3.63) is 54.0 Å². The summed E-state index contributed by atoms with van der Waals surface area (Å²) in [5, 5.41) is 4.19. The van der Waals surface area contributed by atoms with Gasteiger partial charge in [-0.25, -0.2) is 9.97 Å². The number of nitrogens with zero attached hydrogens (tertiary/aromatic N) is 4. The lowest BCUT2D eigenvalue weighted by molar-refractivity contribution is -0.0123. The van der Waals surface area contributed by atoms with Crippen molar-refractivity contribution >= 4 is 40.4 Å². The fourth-order valence-electron chi connectivity index (χ4n) is 4.14. The predicted octanol–water partition coefficient (Wildman–Crippen LogP) is 5.45. The van der Waals surface area contributed by atoms with Crippen LogP contribution >= 0.6 is 0 Å². The summed E-state index contributed by atoms with van der Waals surface area (Å²) in [4.78, 5) is 31.5. The van der Waals surface area contributed by atoms with Crippen LogP contribution in [0.15, 0.2) is 47.6 Å². The number of anilines is 2. The number of hydrogen-bond acceptors (Lipinski definition) is 7. The van der Waals surface area contributed by atoms with Gasteiger partial charge in [-0.05, 0) is 57.0 Å². The number of piperidine rings is 1. The largest absolute Gasteiger partial charge is 0.382 e. The van der Waals surface area contributed by atoms with E-state index in [1.807, 2.05) is 69.0 Å². The number of aliphatic imine (C=N–C) groups is 1. The first-order valence-electron chi connectivity index (χ1n) is 12.9. The minimum Gasteiger partial charge on any atom is -0.382 e. The molecule has 0 radical (unpaired) electrons. The molecular weight excluding hydrogens is 468 g/mol. The van der Waals surface area contributed by atoms with E-state index in [2.05, 4.69) is 25.3 Å². The first-order valence-corrected chi connectivity index (χ1v) is 12.9. The standard InChI is InChI=1S/C26H32N6O3.C2H6/c1-4-21(27-5-2)23-8-11-28-26(31-23)29-19-6-7-22-18(16-19)17-24(30-22)25(33)32-12-9-20(10-13-32)35-15-14-34-3;1-2/h4-8,11,16-17,20,30H,9-10,12-15H2,1-3H3,(H,28,29,31);1-2H3/b21-4-,27-5?;. The highest BCUT2D eigenvalue weighted by Gasteiger charge is 2.25. The van der Waals surface area contributed by atoms with Crippen molar-refractivity contribution in [1.82, 2.24) is 19.9 Å². The van der Waals surface area contributed by atoms with Gasteiger partial charge in [0.1, 0.15) is 5.69 Å². The molecule has 1 aromatic carbocycles. The zero-order valence-corrected chi connectivity index (χ0v) is 22.5. The Balaban J connectivity index is 0.00000186. The van der Waals surface area contributed by atoms with Gasteiger partial charge in [0.2, 0.25) is 5.95 Å². The van der Waals surface area contributed by atoms with E-state index >= 15 is 0 Å². The van der Waals surface area contributed by atoms with E-state index in [-0.39, 0.29) is 12.0 Å². The van der Waals surface area contributed by atoms with Gasteiger partial charge in [0.15, 0.2) is 0 Å². The van der Waals surface area contributed by atoms with Crippen molar-refractivity contribution in [2.45, 2.75) is 46.6 Å². The van der Waals surface area contributed by atoms with Crippen LogP contribution in [-0.4, -0.2) is 71.5 Å². The Morgan fingerprint density at radius 2 is 1.97 bits per heavy atom. The van der Waals surface area contributed by atoms with Crippen LogP contribution in [0.2, 0.25) is 0 Å². The molecule has 3 aromatic rings. The molecular formula is C28H38N6O3. The molecule has 0 bridgehead atoms. The van der Waals surface area contributed by atoms with Gasteiger partial charge < -0.3 is 24.7 Å². The molecule has 0 saturated carbocycles. The number of aromatic amines is 1. The molecule has 1 aliphatic heterocycles. The van der Waals surface area contributed by atoms with E-state index in [0.29, 0.717) is 37.9 Å². The van der Waals surface area contributed by atoms with Gasteiger partial charge in [-0.3, -0.25) is 9.79 Å². The van der Waals surface area contributed by atoms with Gasteiger partial charge >= 0.3 is 0 Å². The number of carbonyl (C=O) groups excluding carboxylic acids is 1. The second kappa shape index (κ2) is 14.2. The van der Waals surface area contributed by atoms with Crippen LogP contribution in [0.5, 0.6) is 0 Å². The summed E-state index contributed by atoms with van der Waals surface area (Å²) >= 11 is 0. The molecule has 4 rings (SSSR count). The lowest BCUT2D eigenvalue weighted by atomic mass is 10.1. The molecule has 2 N–H and O–H groups in total. The quantitative estimate of drug-likeness (QED) is 0.295. The van der Waals surface area contributed by atoms with Crippen LogP contribution in [0.1, 0.15) is 56.7 Å². The Kier molecular flexibility index (Phi) is 10.8. The monoisotopic (exact) mass is 506 g/mol. The lowest BCUT2D eigenvalue weighted by Crippen LogP contribution is -2.41. The zero-order chi connectivity index (χ0) is 26.6. The number of nitrogens with one attached hydrogen (secondary N) is 2. The van der Waals surface area contributed by atoms with Crippen molar-refractivity contribution in [2.24, 2.45) is 4.99 Å². The van der Waals surface area contributed by atoms with E-state index in [1.54, 1.807) is 19.5 Å². The molecule has 0 atom stereocenters. The summed E-state index contributed by atoms with van der Waals surface area (Å²) in [6.07, 6.45) is 7.21. The number of benzene rings is 1. The highest BCUT2D eigenvalue weighted by atomic mass is 16.5. The Morgan fingerprint density at radius 1 is 1.19 bits per heavy atom. The third-order valence-electron chi connectivity index (χ3n) is 5.94. The number of hydrogen-bond donors (Lipinski definition) is 2. The summed E-state index contributed by atoms with van der Waals surface area (Å²) in [7, 11) is 1.67. The van der Waals surface area contributed by atoms with Crippen LogP contribution in [0.4, 0.5) is 11.6 Å². The first-order chi connectivity index (χ1) is 18.1. The van der Waals surface area contributed by atoms with Gasteiger partial charge in [0.05, 0.1) is 30.7 Å². The van der Waals surface area contributed by atoms with E-state index in [9.17, 15) is 4.79 Å². The predicted molar refractivity (Wildman–Crippen MR) is 150 cm³/mol. The second-order valence-corrected chi connectivity index (χ2v) is 8.29. The smallest absolute Gasteiger partial charge is 0.270 e. The Morgan fingerprint density at radius 3 is 2.68 bits per heavy atom. The zero-order valence-electron chi connectivity index (χ0n) is 22.5. The molecule has 1 amide bonds. The number of allylic oxidation sites excluding steroid dienone is 1. The fraction of sp³-hybridized carbons (Fsp3) is 0.429. The van der Waals surface area contributed by atoms with Crippen LogP contribution < -0.4 is 5.32 Å². The fourth-order valence-corrected chi connectivity index (χ4v) is 4.14. The molecule has 37 heavy (non-hydrogen) atoms. The summed E-state index contributed by atoms with van der Waals surface area (Å²) in [6.45, 7) is 10.3. The number of amides is 1. The van der Waals surface area contributed by atoms with E-state index < -0.39 is 0 Å². The average Bonchev–Trinajstić information content (AvgIpc) is 3.37. The van der Waals surface area contributed by atoms with Gasteiger partial charge in [0.25, 0.3) is 5.91 Å². The summed E-state index contributed by atoms with van der Waals surface area (Å²) in [5.41, 5.74) is 3.85. The minimum absolute atomic E-state index is 0.0115. The maximum atomic E-state index is 13.1. The molecule has 198 valence electrons. The van der Waals surface area contributed by atoms with Crippen molar-refractivity contribution in [3.63, 3.8) is 0 Å². The van der Waals surface area contributed by atoms with E-state index in [4.69, 9.17) is 9.47 Å². The number of methoxy groups -OCH3 is 1. The molecule has 0 unspecified atom stereocenters. The molecule has 0 spiro atoms. The molecule has 9 nitrogen and oxygen atoms in total. The van der Waals surface area contributed by atoms with Crippen molar-refractivity contribution < 1.29 is 14.3 Å². The molecule has 3 heterocycles. The van der Waals surface area contributed by atoms with Crippen LogP contribution in [0.25, 0.3) is 16.6 Å². The molecule has 9 heteroatoms. The van der Waals surface area contributed by atoms with E-state index in [0.717, 1.165) is 40.8 Å². The lowest BCUT2D eigenvalue weighted by Gasteiger charge is -2.31. The van der Waals surface area contributed by atoms with Crippen molar-refractivity contribution in [1.29, 1.82) is 0 Å². The Bertz CT molecular complexity index is 1210. The molecule has 2 aromatic heterocycles. The van der Waals surface area contributed by atoms with E-state index in [1.165, 1.54) is 0 Å². The molecule has 0 aliphatic carbocycles. The van der Waals surface area contributed by atoms with Crippen LogP contribution in [0, 0.1) is 0 Å². The van der Waals surface area contributed by atoms with Gasteiger partial charge in [0, 0.05) is 49.2 Å². The number of aromatic nitrogens is 3. The minimum atomic E-state index is 0.0115. The maximum Gasteiger partial charge on any atom is 0.270 e. The highest BCUT2D eigenvalue weighted by molar-refractivity contribution is 5.98. The number of rotatable bonds is 9. The second-order valence-electron chi connectivity index (χ2n) is 8.29. The van der Waals surface area contributed by atoms with Crippen molar-refractivity contribution in [2.75, 3.05) is 38.7 Å². The summed E-state index contributed by atoms with van der Waals surface area (Å²) < 4.78 is 10.8. The summed E-state index contributed by atoms with van der Waals surface area (Å²) in [6, 6.07) is 9.60. The normalized spacial score (nSPS) is 14.6. The van der Waals surface area contributed by atoms with Crippen molar-refractivity contribution in [3.8, 4) is 0 Å². The number of ether oxygens (including phenoxy) is 2. The maximum absolute atomic E-state index is 13.1. The number of H-pyrrole nitrogens is 1. The SMILES string of the molecule is CC.CC=N/C(=C\C)c1ccnc(Nc2ccc3[nH]c(C(=O)N4CCC(OCCOC)CC4)cc3c2)n1. The Labute approximate surface area is 219 Å². The topological polar surface area (TPSA) is 105 Å². The van der Waals surface area contributed by atoms with Crippen LogP contribution in [-0.2, 0) is 9.47 Å². The number of carbonyl (C=O) groups is 1. The van der Waals surface area contributed by atoms with Gasteiger partial charge in [-0.2, -0.15) is 0 Å². The van der Waals surface area contributed by atoms with Gasteiger partial charge in [-0.15, -0.1) is 0 Å². The Hall–Kier alpha value is -3.56. The molecule has 1 fully saturated rings. The van der Waals surface area contributed by atoms with Crippen LogP contribution in [0.3, 0.4) is 0 Å². The highest BCUT2D eigenvalue weighted by Crippen LogP contribution is 2.24. The molecule has 1 saturated heterocycles. The average molecular weight is 507 g/mol. The number of fused-ring (bicyclic) bond motifs is 1. The first kappa shape index (κ1) is 28.0. The molecule has 1 aliphatic rings. The number of likely N-dealkylation sites (tertiary alicyclic amines) is 1. The summed E-state index contributed by atoms with van der Waals surface area (Å²) in [5.74, 6) is 0.493. The van der Waals surface area contributed by atoms with Gasteiger partial charge in [-0.1, -0.05) is 19.9 Å². The third kappa shape index (κ3) is 7.47.